The summed E-state index contributed by atoms with van der Waals surface area (Å²) in [5.74, 6) is 0.0749. The highest BCUT2D eigenvalue weighted by molar-refractivity contribution is 8.26. The van der Waals surface area contributed by atoms with Crippen LogP contribution in [-0.2, 0) is 9.59 Å². The van der Waals surface area contributed by atoms with Gasteiger partial charge in [0.1, 0.15) is 4.32 Å². The van der Waals surface area contributed by atoms with Crippen LogP contribution in [0.15, 0.2) is 22.4 Å². The first kappa shape index (κ1) is 20.1. The Bertz CT molecular complexity index is 660. The standard InChI is InChI=1S/C18H24N2O2S3/c1-18(2,3)19-15(21)9-5-4-6-10-20-16(22)14(25-17(20)23)12-13-8-7-11-24-13/h7-8,11-12H,4-6,9-10H2,1-3H3,(H,19,21). The average Bonchev–Trinajstić information content (AvgIpc) is 3.08. The molecule has 0 saturated carbocycles. The first-order valence-electron chi connectivity index (χ1n) is 8.36. The minimum absolute atomic E-state index is 0.00567. The van der Waals surface area contributed by atoms with Gasteiger partial charge in [0.25, 0.3) is 5.91 Å². The summed E-state index contributed by atoms with van der Waals surface area (Å²) >= 11 is 8.31. The van der Waals surface area contributed by atoms with Crippen LogP contribution < -0.4 is 5.32 Å². The summed E-state index contributed by atoms with van der Waals surface area (Å²) in [5, 5.41) is 4.95. The molecular formula is C18H24N2O2S3. The van der Waals surface area contributed by atoms with Gasteiger partial charge in [-0.1, -0.05) is 36.5 Å². The third kappa shape index (κ3) is 6.56. The molecule has 0 spiro atoms. The Kier molecular flexibility index (Phi) is 7.22. The van der Waals surface area contributed by atoms with E-state index in [1.54, 1.807) is 16.2 Å². The first-order chi connectivity index (χ1) is 11.8. The third-order valence-electron chi connectivity index (χ3n) is 3.49. The molecule has 136 valence electrons. The zero-order valence-electron chi connectivity index (χ0n) is 14.8. The van der Waals surface area contributed by atoms with Gasteiger partial charge in [-0.25, -0.2) is 0 Å². The summed E-state index contributed by atoms with van der Waals surface area (Å²) in [7, 11) is 0. The highest BCUT2D eigenvalue weighted by Crippen LogP contribution is 2.33. The van der Waals surface area contributed by atoms with Crippen molar-refractivity contribution >= 4 is 57.5 Å². The second-order valence-electron chi connectivity index (χ2n) is 6.96. The molecule has 2 rings (SSSR count). The second-order valence-corrected chi connectivity index (χ2v) is 9.61. The van der Waals surface area contributed by atoms with Gasteiger partial charge in [0.05, 0.1) is 4.91 Å². The molecule has 4 nitrogen and oxygen atoms in total. The minimum Gasteiger partial charge on any atom is -0.352 e. The van der Waals surface area contributed by atoms with Crippen LogP contribution in [0.3, 0.4) is 0 Å². The molecule has 1 aromatic rings. The predicted octanol–water partition coefficient (Wildman–Crippen LogP) is 4.42. The van der Waals surface area contributed by atoms with Crippen molar-refractivity contribution in [3.63, 3.8) is 0 Å². The number of nitrogens with one attached hydrogen (secondary N) is 1. The fourth-order valence-electron chi connectivity index (χ4n) is 2.41. The van der Waals surface area contributed by atoms with Gasteiger partial charge < -0.3 is 5.32 Å². The quantitative estimate of drug-likeness (QED) is 0.421. The third-order valence-corrected chi connectivity index (χ3v) is 5.69. The van der Waals surface area contributed by atoms with Crippen molar-refractivity contribution in [3.8, 4) is 0 Å². The number of thiophene rings is 1. The highest BCUT2D eigenvalue weighted by Gasteiger charge is 2.31. The molecule has 1 N–H and O–H groups in total. The number of thiocarbonyl (C=S) groups is 1. The smallest absolute Gasteiger partial charge is 0.266 e. The van der Waals surface area contributed by atoms with Gasteiger partial charge in [-0.15, -0.1) is 11.3 Å². The average molecular weight is 397 g/mol. The molecule has 0 radical (unpaired) electrons. The van der Waals surface area contributed by atoms with Crippen LogP contribution in [0.5, 0.6) is 0 Å². The molecular weight excluding hydrogens is 372 g/mol. The summed E-state index contributed by atoms with van der Waals surface area (Å²) in [6.07, 6.45) is 5.00. The predicted molar refractivity (Wildman–Crippen MR) is 111 cm³/mol. The van der Waals surface area contributed by atoms with Crippen molar-refractivity contribution in [3.05, 3.63) is 27.3 Å². The summed E-state index contributed by atoms with van der Waals surface area (Å²) in [4.78, 5) is 27.7. The summed E-state index contributed by atoms with van der Waals surface area (Å²) in [6.45, 7) is 6.55. The van der Waals surface area contributed by atoms with Crippen LogP contribution in [0.25, 0.3) is 6.08 Å². The fourth-order valence-corrected chi connectivity index (χ4v) is 4.44. The number of rotatable bonds is 7. The first-order valence-corrected chi connectivity index (χ1v) is 10.5. The van der Waals surface area contributed by atoms with E-state index >= 15 is 0 Å². The number of carbonyl (C=O) groups is 2. The normalized spacial score (nSPS) is 16.8. The molecule has 0 aliphatic carbocycles. The number of hydrogen-bond acceptors (Lipinski definition) is 5. The maximum absolute atomic E-state index is 12.5. The van der Waals surface area contributed by atoms with Gasteiger partial charge in [-0.05, 0) is 51.1 Å². The number of thioether (sulfide) groups is 1. The summed E-state index contributed by atoms with van der Waals surface area (Å²) in [5.41, 5.74) is -0.187. The van der Waals surface area contributed by atoms with E-state index in [9.17, 15) is 9.59 Å². The van der Waals surface area contributed by atoms with Crippen molar-refractivity contribution in [1.29, 1.82) is 0 Å². The largest absolute Gasteiger partial charge is 0.352 e. The van der Waals surface area contributed by atoms with Gasteiger partial charge in [0, 0.05) is 23.4 Å². The number of hydrogen-bond donors (Lipinski definition) is 1. The van der Waals surface area contributed by atoms with Crippen LogP contribution >= 0.6 is 35.3 Å². The molecule has 7 heteroatoms. The van der Waals surface area contributed by atoms with Crippen molar-refractivity contribution in [2.45, 2.75) is 52.0 Å². The van der Waals surface area contributed by atoms with Gasteiger partial charge in [-0.2, -0.15) is 0 Å². The fraction of sp³-hybridized carbons (Fsp3) is 0.500. The molecule has 0 unspecified atom stereocenters. The van der Waals surface area contributed by atoms with Gasteiger partial charge in [0.15, 0.2) is 0 Å². The lowest BCUT2D eigenvalue weighted by Gasteiger charge is -2.20. The molecule has 2 amide bonds. The van der Waals surface area contributed by atoms with E-state index in [1.807, 2.05) is 44.4 Å². The number of unbranched alkanes of at least 4 members (excludes halogenated alkanes) is 2. The molecule has 1 fully saturated rings. The number of amides is 2. The number of carbonyl (C=O) groups excluding carboxylic acids is 2. The van der Waals surface area contributed by atoms with E-state index in [-0.39, 0.29) is 17.4 Å². The van der Waals surface area contributed by atoms with E-state index in [4.69, 9.17) is 12.2 Å². The summed E-state index contributed by atoms with van der Waals surface area (Å²) in [6, 6.07) is 3.95. The van der Waals surface area contributed by atoms with Gasteiger partial charge in [-0.3, -0.25) is 14.5 Å². The van der Waals surface area contributed by atoms with Gasteiger partial charge in [0.2, 0.25) is 5.91 Å². The zero-order valence-corrected chi connectivity index (χ0v) is 17.3. The van der Waals surface area contributed by atoms with Crippen LogP contribution in [0, 0.1) is 0 Å². The lowest BCUT2D eigenvalue weighted by Crippen LogP contribution is -2.40. The second kappa shape index (κ2) is 8.96. The van der Waals surface area contributed by atoms with Crippen LogP contribution in [0.4, 0.5) is 0 Å². The molecule has 1 aromatic heterocycles. The molecule has 1 saturated heterocycles. The van der Waals surface area contributed by atoms with Crippen LogP contribution in [0.2, 0.25) is 0 Å². The maximum Gasteiger partial charge on any atom is 0.266 e. The number of nitrogens with zero attached hydrogens (tertiary/aromatic N) is 1. The lowest BCUT2D eigenvalue weighted by atomic mass is 10.1. The van der Waals surface area contributed by atoms with Crippen molar-refractivity contribution in [2.75, 3.05) is 6.54 Å². The Hall–Kier alpha value is -1.18. The van der Waals surface area contributed by atoms with Crippen LogP contribution in [0.1, 0.15) is 51.3 Å². The minimum atomic E-state index is -0.187. The van der Waals surface area contributed by atoms with E-state index in [2.05, 4.69) is 5.32 Å². The monoisotopic (exact) mass is 396 g/mol. The molecule has 0 bridgehead atoms. The summed E-state index contributed by atoms with van der Waals surface area (Å²) < 4.78 is 0.623. The molecule has 1 aliphatic rings. The molecule has 0 atom stereocenters. The Balaban J connectivity index is 1.73. The molecule has 25 heavy (non-hydrogen) atoms. The Morgan fingerprint density at radius 3 is 2.72 bits per heavy atom. The Labute approximate surface area is 163 Å². The van der Waals surface area contributed by atoms with E-state index in [1.165, 1.54) is 11.8 Å². The molecule has 0 aromatic carbocycles. The zero-order chi connectivity index (χ0) is 18.4. The van der Waals surface area contributed by atoms with E-state index in [0.717, 1.165) is 24.1 Å². The van der Waals surface area contributed by atoms with E-state index in [0.29, 0.717) is 22.2 Å². The van der Waals surface area contributed by atoms with E-state index < -0.39 is 0 Å². The highest BCUT2D eigenvalue weighted by atomic mass is 32.2. The lowest BCUT2D eigenvalue weighted by molar-refractivity contribution is -0.123. The topological polar surface area (TPSA) is 49.4 Å². The maximum atomic E-state index is 12.5. The molecule has 1 aliphatic heterocycles. The SMILES string of the molecule is CC(C)(C)NC(=O)CCCCCN1C(=O)C(=Cc2cccs2)SC1=S. The van der Waals surface area contributed by atoms with Crippen LogP contribution in [-0.4, -0.2) is 33.1 Å². The Morgan fingerprint density at radius 2 is 2.08 bits per heavy atom. The van der Waals surface area contributed by atoms with Crippen molar-refractivity contribution < 1.29 is 9.59 Å². The van der Waals surface area contributed by atoms with Crippen molar-refractivity contribution in [1.82, 2.24) is 10.2 Å². The Morgan fingerprint density at radius 1 is 1.32 bits per heavy atom. The van der Waals surface area contributed by atoms with Gasteiger partial charge >= 0.3 is 0 Å². The molecule has 2 heterocycles. The van der Waals surface area contributed by atoms with Crippen molar-refractivity contribution in [2.24, 2.45) is 0 Å².